The molecule has 2 nitrogen and oxygen atoms in total. The second-order valence-electron chi connectivity index (χ2n) is 3.95. The molecule has 0 atom stereocenters. The van der Waals surface area contributed by atoms with Crippen molar-refractivity contribution >= 4 is 5.78 Å². The summed E-state index contributed by atoms with van der Waals surface area (Å²) < 4.78 is 13.5. The highest BCUT2D eigenvalue weighted by Gasteiger charge is 2.17. The molecule has 0 saturated heterocycles. The zero-order valence-electron chi connectivity index (χ0n) is 9.70. The van der Waals surface area contributed by atoms with Gasteiger partial charge in [-0.1, -0.05) is 18.2 Å². The van der Waals surface area contributed by atoms with Crippen molar-refractivity contribution in [3.63, 3.8) is 0 Å². The summed E-state index contributed by atoms with van der Waals surface area (Å²) in [5.74, 6) is -0.874. The highest BCUT2D eigenvalue weighted by molar-refractivity contribution is 6.10. The first-order valence-corrected chi connectivity index (χ1v) is 5.31. The number of ketones is 1. The molecular weight excluding hydrogens is 217 g/mol. The number of hydrogen-bond donors (Lipinski definition) is 0. The molecule has 0 N–H and O–H groups in total. The van der Waals surface area contributed by atoms with E-state index >= 15 is 0 Å². The molecule has 1 aromatic heterocycles. The van der Waals surface area contributed by atoms with E-state index in [0.717, 1.165) is 17.3 Å². The predicted molar refractivity (Wildman–Crippen MR) is 63.5 cm³/mol. The summed E-state index contributed by atoms with van der Waals surface area (Å²) in [6, 6.07) is 6.98. The van der Waals surface area contributed by atoms with Crippen LogP contribution in [0.2, 0.25) is 0 Å². The van der Waals surface area contributed by atoms with Crippen molar-refractivity contribution in [3.05, 3.63) is 64.7 Å². The van der Waals surface area contributed by atoms with Gasteiger partial charge in [0.05, 0.1) is 11.8 Å². The maximum absolute atomic E-state index is 13.5. The third-order valence-electron chi connectivity index (χ3n) is 2.73. The van der Waals surface area contributed by atoms with Crippen LogP contribution in [0.1, 0.15) is 27.0 Å². The molecular formula is C14H12FNO. The molecule has 0 radical (unpaired) electrons. The summed E-state index contributed by atoms with van der Waals surface area (Å²) in [6.45, 7) is 3.69. The monoisotopic (exact) mass is 229 g/mol. The molecule has 0 bridgehead atoms. The SMILES string of the molecule is Cc1cccc(C)c1C(=O)c1ccncc1F. The van der Waals surface area contributed by atoms with E-state index in [9.17, 15) is 9.18 Å². The maximum Gasteiger partial charge on any atom is 0.196 e. The number of nitrogens with zero attached hydrogens (tertiary/aromatic N) is 1. The number of halogens is 1. The van der Waals surface area contributed by atoms with Crippen LogP contribution in [-0.4, -0.2) is 10.8 Å². The first-order valence-electron chi connectivity index (χ1n) is 5.31. The van der Waals surface area contributed by atoms with Crippen LogP contribution in [-0.2, 0) is 0 Å². The lowest BCUT2D eigenvalue weighted by atomic mass is 9.95. The van der Waals surface area contributed by atoms with Crippen molar-refractivity contribution in [1.82, 2.24) is 4.98 Å². The quantitative estimate of drug-likeness (QED) is 0.741. The van der Waals surface area contributed by atoms with E-state index in [1.807, 2.05) is 32.0 Å². The molecule has 0 fully saturated rings. The number of aromatic nitrogens is 1. The van der Waals surface area contributed by atoms with Crippen molar-refractivity contribution in [1.29, 1.82) is 0 Å². The standard InChI is InChI=1S/C14H12FNO/c1-9-4-3-5-10(2)13(9)14(17)11-6-7-16-8-12(11)15/h3-8H,1-2H3. The number of rotatable bonds is 2. The fourth-order valence-corrected chi connectivity index (χ4v) is 1.87. The minimum absolute atomic E-state index is 0.0670. The first-order chi connectivity index (χ1) is 8.11. The Morgan fingerprint density at radius 1 is 1.18 bits per heavy atom. The van der Waals surface area contributed by atoms with Crippen LogP contribution in [0.5, 0.6) is 0 Å². The predicted octanol–water partition coefficient (Wildman–Crippen LogP) is 3.07. The largest absolute Gasteiger partial charge is 0.288 e. The van der Waals surface area contributed by atoms with Gasteiger partial charge < -0.3 is 0 Å². The fraction of sp³-hybridized carbons (Fsp3) is 0.143. The summed E-state index contributed by atoms with van der Waals surface area (Å²) in [5.41, 5.74) is 2.34. The van der Waals surface area contributed by atoms with Crippen LogP contribution in [0.15, 0.2) is 36.7 Å². The van der Waals surface area contributed by atoms with Gasteiger partial charge >= 0.3 is 0 Å². The van der Waals surface area contributed by atoms with Crippen LogP contribution in [0.25, 0.3) is 0 Å². The van der Waals surface area contributed by atoms with Gasteiger partial charge in [0.25, 0.3) is 0 Å². The van der Waals surface area contributed by atoms with E-state index in [1.54, 1.807) is 0 Å². The summed E-state index contributed by atoms with van der Waals surface area (Å²) in [4.78, 5) is 15.9. The Morgan fingerprint density at radius 2 is 1.82 bits per heavy atom. The van der Waals surface area contributed by atoms with Gasteiger partial charge in [-0.3, -0.25) is 9.78 Å². The topological polar surface area (TPSA) is 30.0 Å². The van der Waals surface area contributed by atoms with Gasteiger partial charge in [0.1, 0.15) is 0 Å². The number of carbonyl (C=O) groups is 1. The van der Waals surface area contributed by atoms with Crippen molar-refractivity contribution in [2.45, 2.75) is 13.8 Å². The highest BCUT2D eigenvalue weighted by atomic mass is 19.1. The van der Waals surface area contributed by atoms with Crippen LogP contribution in [0.4, 0.5) is 4.39 Å². The highest BCUT2D eigenvalue weighted by Crippen LogP contribution is 2.19. The molecule has 0 aliphatic rings. The average Bonchev–Trinajstić information content (AvgIpc) is 2.29. The van der Waals surface area contributed by atoms with E-state index in [4.69, 9.17) is 0 Å². The lowest BCUT2D eigenvalue weighted by Gasteiger charge is -2.08. The molecule has 3 heteroatoms. The molecule has 2 aromatic rings. The molecule has 1 aromatic carbocycles. The van der Waals surface area contributed by atoms with Gasteiger partial charge in [0.15, 0.2) is 11.6 Å². The third-order valence-corrected chi connectivity index (χ3v) is 2.73. The van der Waals surface area contributed by atoms with Gasteiger partial charge in [-0.05, 0) is 31.0 Å². The van der Waals surface area contributed by atoms with Gasteiger partial charge in [-0.25, -0.2) is 4.39 Å². The number of aryl methyl sites for hydroxylation is 2. The van der Waals surface area contributed by atoms with Gasteiger partial charge in [-0.2, -0.15) is 0 Å². The van der Waals surface area contributed by atoms with Crippen molar-refractivity contribution in [3.8, 4) is 0 Å². The lowest BCUT2D eigenvalue weighted by Crippen LogP contribution is -2.08. The van der Waals surface area contributed by atoms with Crippen LogP contribution >= 0.6 is 0 Å². The van der Waals surface area contributed by atoms with Crippen molar-refractivity contribution < 1.29 is 9.18 Å². The number of benzene rings is 1. The van der Waals surface area contributed by atoms with Crippen molar-refractivity contribution in [2.24, 2.45) is 0 Å². The van der Waals surface area contributed by atoms with E-state index in [-0.39, 0.29) is 11.3 Å². The Morgan fingerprint density at radius 3 is 2.41 bits per heavy atom. The Bertz CT molecular complexity index is 558. The lowest BCUT2D eigenvalue weighted by molar-refractivity contribution is 0.103. The minimum atomic E-state index is -0.583. The van der Waals surface area contributed by atoms with Gasteiger partial charge in [-0.15, -0.1) is 0 Å². The van der Waals surface area contributed by atoms with Gasteiger partial charge in [0.2, 0.25) is 0 Å². The summed E-state index contributed by atoms with van der Waals surface area (Å²) >= 11 is 0. The molecule has 0 spiro atoms. The molecule has 0 amide bonds. The Hall–Kier alpha value is -2.03. The summed E-state index contributed by atoms with van der Waals surface area (Å²) in [5, 5.41) is 0. The number of hydrogen-bond acceptors (Lipinski definition) is 2. The zero-order valence-corrected chi connectivity index (χ0v) is 9.70. The Balaban J connectivity index is 2.56. The Kier molecular flexibility index (Phi) is 3.00. The second-order valence-corrected chi connectivity index (χ2v) is 3.95. The Labute approximate surface area is 99.1 Å². The first kappa shape index (κ1) is 11.5. The van der Waals surface area contributed by atoms with Crippen LogP contribution in [0, 0.1) is 19.7 Å². The molecule has 0 saturated carbocycles. The van der Waals surface area contributed by atoms with Crippen molar-refractivity contribution in [2.75, 3.05) is 0 Å². The normalized spacial score (nSPS) is 10.3. The molecule has 86 valence electrons. The summed E-state index contributed by atoms with van der Waals surface area (Å²) in [7, 11) is 0. The van der Waals surface area contributed by atoms with E-state index in [0.29, 0.717) is 5.56 Å². The van der Waals surface area contributed by atoms with Gasteiger partial charge in [0, 0.05) is 11.8 Å². The smallest absolute Gasteiger partial charge is 0.196 e. The molecule has 1 heterocycles. The summed E-state index contributed by atoms with van der Waals surface area (Å²) in [6.07, 6.45) is 2.48. The number of carbonyl (C=O) groups excluding carboxylic acids is 1. The maximum atomic E-state index is 13.5. The molecule has 0 aliphatic heterocycles. The number of pyridine rings is 1. The van der Waals surface area contributed by atoms with E-state index in [2.05, 4.69) is 4.98 Å². The molecule has 0 unspecified atom stereocenters. The third kappa shape index (κ3) is 2.09. The molecule has 17 heavy (non-hydrogen) atoms. The van der Waals surface area contributed by atoms with Crippen LogP contribution in [0.3, 0.4) is 0 Å². The average molecular weight is 229 g/mol. The van der Waals surface area contributed by atoms with E-state index < -0.39 is 5.82 Å². The molecule has 0 aliphatic carbocycles. The van der Waals surface area contributed by atoms with E-state index in [1.165, 1.54) is 12.3 Å². The second kappa shape index (κ2) is 4.45. The minimum Gasteiger partial charge on any atom is -0.288 e. The molecule has 2 rings (SSSR count). The fourth-order valence-electron chi connectivity index (χ4n) is 1.87. The zero-order chi connectivity index (χ0) is 12.4. The van der Waals surface area contributed by atoms with Crippen LogP contribution < -0.4 is 0 Å².